The summed E-state index contributed by atoms with van der Waals surface area (Å²) in [6.07, 6.45) is 3.38. The summed E-state index contributed by atoms with van der Waals surface area (Å²) in [5.41, 5.74) is 3.06. The van der Waals surface area contributed by atoms with Gasteiger partial charge in [0.25, 0.3) is 0 Å². The molecule has 0 saturated carbocycles. The van der Waals surface area contributed by atoms with Crippen LogP contribution in [0.4, 0.5) is 0 Å². The number of fused-ring (bicyclic) bond motifs is 3. The van der Waals surface area contributed by atoms with Crippen molar-refractivity contribution in [2.24, 2.45) is 0 Å². The number of hydrogen-bond donors (Lipinski definition) is 0. The standard InChI is InChI=1S/C16H18N/c1-16(2)10-15-13(11-17(16)3)9-8-12-6-4-5-7-14(12)15/h4-9,11H,10H2,1-3H3/q+1. The zero-order chi connectivity index (χ0) is 12.0. The van der Waals surface area contributed by atoms with Crippen molar-refractivity contribution in [1.82, 2.24) is 0 Å². The Kier molecular flexibility index (Phi) is 2.12. The van der Waals surface area contributed by atoms with Gasteiger partial charge in [0.2, 0.25) is 0 Å². The third kappa shape index (κ3) is 1.57. The van der Waals surface area contributed by atoms with Crippen LogP contribution < -0.4 is 0 Å². The number of hydrogen-bond acceptors (Lipinski definition) is 0. The molecule has 1 nitrogen and oxygen atoms in total. The highest BCUT2D eigenvalue weighted by Gasteiger charge is 2.33. The summed E-state index contributed by atoms with van der Waals surface area (Å²) in [5, 5.41) is 2.75. The van der Waals surface area contributed by atoms with Gasteiger partial charge in [0.1, 0.15) is 7.05 Å². The predicted octanol–water partition coefficient (Wildman–Crippen LogP) is 3.24. The first-order chi connectivity index (χ1) is 8.08. The maximum atomic E-state index is 2.32. The summed E-state index contributed by atoms with van der Waals surface area (Å²) in [6, 6.07) is 13.1. The normalized spacial score (nSPS) is 17.7. The molecule has 1 heterocycles. The first kappa shape index (κ1) is 10.5. The van der Waals surface area contributed by atoms with Gasteiger partial charge in [-0.15, -0.1) is 0 Å². The molecule has 1 aliphatic rings. The van der Waals surface area contributed by atoms with E-state index in [1.807, 2.05) is 0 Å². The van der Waals surface area contributed by atoms with Crippen LogP contribution in [0.1, 0.15) is 25.0 Å². The van der Waals surface area contributed by atoms with Crippen LogP contribution in [0.15, 0.2) is 36.4 Å². The van der Waals surface area contributed by atoms with Crippen molar-refractivity contribution in [2.75, 3.05) is 7.05 Å². The topological polar surface area (TPSA) is 3.01 Å². The van der Waals surface area contributed by atoms with E-state index in [1.54, 1.807) is 0 Å². The van der Waals surface area contributed by atoms with E-state index in [1.165, 1.54) is 21.9 Å². The summed E-state index contributed by atoms with van der Waals surface area (Å²) >= 11 is 0. The largest absolute Gasteiger partial charge is 0.233 e. The molecule has 2 aromatic rings. The SMILES string of the molecule is C[N+]1=Cc2ccc3ccccc3c2CC1(C)C. The second-order valence-electron chi connectivity index (χ2n) is 5.58. The molecule has 1 heteroatoms. The molecule has 17 heavy (non-hydrogen) atoms. The molecule has 0 N–H and O–H groups in total. The molecule has 3 rings (SSSR count). The summed E-state index contributed by atoms with van der Waals surface area (Å²) in [7, 11) is 2.16. The summed E-state index contributed by atoms with van der Waals surface area (Å²) in [4.78, 5) is 0. The Morgan fingerprint density at radius 1 is 1.06 bits per heavy atom. The first-order valence-corrected chi connectivity index (χ1v) is 6.16. The lowest BCUT2D eigenvalue weighted by atomic mass is 9.85. The zero-order valence-electron chi connectivity index (χ0n) is 10.7. The number of benzene rings is 2. The maximum absolute atomic E-state index is 2.32. The van der Waals surface area contributed by atoms with E-state index in [0.717, 1.165) is 6.42 Å². The quantitative estimate of drug-likeness (QED) is 0.604. The molecule has 0 saturated heterocycles. The van der Waals surface area contributed by atoms with Gasteiger partial charge in [-0.05, 0) is 22.4 Å². The van der Waals surface area contributed by atoms with Crippen molar-refractivity contribution in [1.29, 1.82) is 0 Å². The van der Waals surface area contributed by atoms with Crippen LogP contribution in [0.5, 0.6) is 0 Å². The molecule has 0 aromatic heterocycles. The number of nitrogens with zero attached hydrogens (tertiary/aromatic N) is 1. The Labute approximate surface area is 102 Å². The van der Waals surface area contributed by atoms with Gasteiger partial charge >= 0.3 is 0 Å². The minimum absolute atomic E-state index is 0.205. The first-order valence-electron chi connectivity index (χ1n) is 6.16. The molecule has 0 amide bonds. The lowest BCUT2D eigenvalue weighted by molar-refractivity contribution is -0.572. The van der Waals surface area contributed by atoms with Crippen molar-refractivity contribution < 1.29 is 4.58 Å². The van der Waals surface area contributed by atoms with Gasteiger partial charge in [-0.2, -0.15) is 0 Å². The number of rotatable bonds is 0. The van der Waals surface area contributed by atoms with E-state index >= 15 is 0 Å². The average Bonchev–Trinajstić information content (AvgIpc) is 2.31. The molecule has 0 radical (unpaired) electrons. The maximum Gasteiger partial charge on any atom is 0.171 e. The summed E-state index contributed by atoms with van der Waals surface area (Å²) < 4.78 is 2.32. The molecule has 86 valence electrons. The van der Waals surface area contributed by atoms with Crippen LogP contribution in [-0.4, -0.2) is 23.4 Å². The molecule has 0 aliphatic carbocycles. The smallest absolute Gasteiger partial charge is 0.171 e. The second kappa shape index (κ2) is 3.43. The van der Waals surface area contributed by atoms with E-state index < -0.39 is 0 Å². The third-order valence-corrected chi connectivity index (χ3v) is 3.97. The Morgan fingerprint density at radius 3 is 2.65 bits per heavy atom. The van der Waals surface area contributed by atoms with Crippen LogP contribution in [-0.2, 0) is 6.42 Å². The molecule has 0 fully saturated rings. The van der Waals surface area contributed by atoms with Crippen molar-refractivity contribution >= 4 is 17.0 Å². The minimum atomic E-state index is 0.205. The van der Waals surface area contributed by atoms with E-state index in [4.69, 9.17) is 0 Å². The predicted molar refractivity (Wildman–Crippen MR) is 73.1 cm³/mol. The van der Waals surface area contributed by atoms with Gasteiger partial charge in [0.15, 0.2) is 11.8 Å². The zero-order valence-corrected chi connectivity index (χ0v) is 10.7. The lowest BCUT2D eigenvalue weighted by Crippen LogP contribution is -2.40. The van der Waals surface area contributed by atoms with Gasteiger partial charge in [-0.25, -0.2) is 4.58 Å². The van der Waals surface area contributed by atoms with Crippen molar-refractivity contribution in [2.45, 2.75) is 25.8 Å². The molecule has 1 aliphatic heterocycles. The molecule has 0 bridgehead atoms. The Bertz CT molecular complexity index is 620. The van der Waals surface area contributed by atoms with Gasteiger partial charge in [0, 0.05) is 25.8 Å². The molecule has 0 unspecified atom stereocenters. The van der Waals surface area contributed by atoms with Crippen molar-refractivity contribution in [3.05, 3.63) is 47.5 Å². The van der Waals surface area contributed by atoms with Crippen LogP contribution in [0, 0.1) is 0 Å². The highest BCUT2D eigenvalue weighted by atomic mass is 15.0. The van der Waals surface area contributed by atoms with Gasteiger partial charge in [-0.3, -0.25) is 0 Å². The van der Waals surface area contributed by atoms with Crippen molar-refractivity contribution in [3.8, 4) is 0 Å². The molecular weight excluding hydrogens is 206 g/mol. The highest BCUT2D eigenvalue weighted by Crippen LogP contribution is 2.29. The molecule has 0 spiro atoms. The molecular formula is C16H18N+. The van der Waals surface area contributed by atoms with Gasteiger partial charge < -0.3 is 0 Å². The van der Waals surface area contributed by atoms with Gasteiger partial charge in [0.05, 0.1) is 0 Å². The van der Waals surface area contributed by atoms with E-state index in [2.05, 4.69) is 68.1 Å². The van der Waals surface area contributed by atoms with Crippen LogP contribution in [0.3, 0.4) is 0 Å². The minimum Gasteiger partial charge on any atom is -0.233 e. The lowest BCUT2D eigenvalue weighted by Gasteiger charge is -2.26. The van der Waals surface area contributed by atoms with E-state index in [9.17, 15) is 0 Å². The van der Waals surface area contributed by atoms with Gasteiger partial charge in [-0.1, -0.05) is 30.3 Å². The summed E-state index contributed by atoms with van der Waals surface area (Å²) in [6.45, 7) is 4.60. The number of likely N-dealkylation sites (N-methyl/N-ethyl adjacent to an activating group) is 1. The Morgan fingerprint density at radius 2 is 1.82 bits per heavy atom. The Hall–Kier alpha value is -1.63. The Balaban J connectivity index is 2.33. The van der Waals surface area contributed by atoms with Crippen LogP contribution >= 0.6 is 0 Å². The molecule has 2 aromatic carbocycles. The van der Waals surface area contributed by atoms with Crippen LogP contribution in [0.25, 0.3) is 10.8 Å². The fourth-order valence-corrected chi connectivity index (χ4v) is 2.61. The van der Waals surface area contributed by atoms with Crippen LogP contribution in [0.2, 0.25) is 0 Å². The van der Waals surface area contributed by atoms with E-state index in [0.29, 0.717) is 0 Å². The fourth-order valence-electron chi connectivity index (χ4n) is 2.61. The third-order valence-electron chi connectivity index (χ3n) is 3.97. The molecule has 0 atom stereocenters. The van der Waals surface area contributed by atoms with Crippen molar-refractivity contribution in [3.63, 3.8) is 0 Å². The second-order valence-corrected chi connectivity index (χ2v) is 5.58. The van der Waals surface area contributed by atoms with E-state index in [-0.39, 0.29) is 5.54 Å². The summed E-state index contributed by atoms with van der Waals surface area (Å²) in [5.74, 6) is 0. The average molecular weight is 224 g/mol. The highest BCUT2D eigenvalue weighted by molar-refractivity contribution is 5.93. The fraction of sp³-hybridized carbons (Fsp3) is 0.312. The monoisotopic (exact) mass is 224 g/mol.